The third kappa shape index (κ3) is 4.29. The molecule has 0 spiro atoms. The topological polar surface area (TPSA) is 75.7 Å². The van der Waals surface area contributed by atoms with Gasteiger partial charge in [0.1, 0.15) is 0 Å². The van der Waals surface area contributed by atoms with Crippen molar-refractivity contribution in [1.82, 2.24) is 0 Å². The largest absolute Gasteiger partial charge is 0.416 e. The number of carbonyl (C=O) groups is 1. The van der Waals surface area contributed by atoms with Crippen molar-refractivity contribution in [3.63, 3.8) is 0 Å². The molecule has 2 saturated heterocycles. The van der Waals surface area contributed by atoms with E-state index in [0.29, 0.717) is 32.0 Å². The third-order valence-corrected chi connectivity index (χ3v) is 6.30. The normalized spacial score (nSPS) is 23.0. The zero-order valence-corrected chi connectivity index (χ0v) is 14.7. The maximum absolute atomic E-state index is 13.1. The molecule has 0 aromatic heterocycles. The molecule has 1 N–H and O–H groups in total. The van der Waals surface area contributed by atoms with Crippen LogP contribution in [0.2, 0.25) is 0 Å². The van der Waals surface area contributed by atoms with Gasteiger partial charge in [0.15, 0.2) is 9.84 Å². The maximum atomic E-state index is 13.1. The summed E-state index contributed by atoms with van der Waals surface area (Å²) in [6.45, 7) is 1.86. The Labute approximate surface area is 149 Å². The minimum absolute atomic E-state index is 0.0380. The Kier molecular flexibility index (Phi) is 5.16. The number of nitrogens with one attached hydrogen (secondary N) is 1. The number of rotatable bonds is 3. The van der Waals surface area contributed by atoms with Crippen LogP contribution >= 0.6 is 0 Å². The van der Waals surface area contributed by atoms with Crippen LogP contribution in [0.25, 0.3) is 0 Å². The predicted octanol–water partition coefficient (Wildman–Crippen LogP) is 1.92. The zero-order valence-electron chi connectivity index (χ0n) is 13.9. The summed E-state index contributed by atoms with van der Waals surface area (Å²) in [5, 5.41) is 2.51. The number of morpholine rings is 1. The van der Waals surface area contributed by atoms with Crippen LogP contribution < -0.4 is 10.2 Å². The van der Waals surface area contributed by atoms with Crippen molar-refractivity contribution < 1.29 is 31.1 Å². The summed E-state index contributed by atoms with van der Waals surface area (Å²) in [6.07, 6.45) is -4.36. The number of amides is 1. The molecule has 3 rings (SSSR count). The van der Waals surface area contributed by atoms with E-state index in [1.54, 1.807) is 0 Å². The van der Waals surface area contributed by atoms with Gasteiger partial charge in [-0.25, -0.2) is 8.42 Å². The second-order valence-electron chi connectivity index (χ2n) is 6.42. The smallest absolute Gasteiger partial charge is 0.378 e. The van der Waals surface area contributed by atoms with E-state index in [1.165, 1.54) is 6.07 Å². The highest BCUT2D eigenvalue weighted by molar-refractivity contribution is 7.91. The summed E-state index contributed by atoms with van der Waals surface area (Å²) in [4.78, 5) is 14.2. The van der Waals surface area contributed by atoms with Crippen LogP contribution in [0.1, 0.15) is 12.0 Å². The fourth-order valence-corrected chi connectivity index (χ4v) is 4.87. The molecule has 144 valence electrons. The van der Waals surface area contributed by atoms with E-state index < -0.39 is 33.4 Å². The monoisotopic (exact) mass is 392 g/mol. The van der Waals surface area contributed by atoms with Crippen LogP contribution in [0.15, 0.2) is 18.2 Å². The highest BCUT2D eigenvalue weighted by Gasteiger charge is 2.35. The number of nitrogens with zero attached hydrogens (tertiary/aromatic N) is 1. The summed E-state index contributed by atoms with van der Waals surface area (Å²) in [7, 11) is -3.26. The summed E-state index contributed by atoms with van der Waals surface area (Å²) in [5.74, 6) is -1.67. The van der Waals surface area contributed by atoms with Crippen molar-refractivity contribution in [3.05, 3.63) is 23.8 Å². The van der Waals surface area contributed by atoms with Crippen molar-refractivity contribution in [2.75, 3.05) is 48.0 Å². The molecule has 2 aliphatic heterocycles. The molecule has 1 atom stereocenters. The Morgan fingerprint density at radius 3 is 2.50 bits per heavy atom. The Morgan fingerprint density at radius 2 is 1.92 bits per heavy atom. The van der Waals surface area contributed by atoms with Gasteiger partial charge in [0.05, 0.1) is 47.6 Å². The molecule has 0 aliphatic carbocycles. The van der Waals surface area contributed by atoms with Gasteiger partial charge in [0.25, 0.3) is 0 Å². The Balaban J connectivity index is 1.87. The van der Waals surface area contributed by atoms with Gasteiger partial charge in [0, 0.05) is 13.1 Å². The molecule has 2 heterocycles. The van der Waals surface area contributed by atoms with Gasteiger partial charge in [-0.1, -0.05) is 0 Å². The molecule has 1 aromatic rings. The number of benzene rings is 1. The lowest BCUT2D eigenvalue weighted by Crippen LogP contribution is -2.37. The van der Waals surface area contributed by atoms with Gasteiger partial charge in [0.2, 0.25) is 5.91 Å². The molecular formula is C16H19F3N2O4S. The van der Waals surface area contributed by atoms with Crippen molar-refractivity contribution in [2.45, 2.75) is 12.6 Å². The zero-order chi connectivity index (χ0) is 18.9. The number of anilines is 2. The molecule has 0 radical (unpaired) electrons. The van der Waals surface area contributed by atoms with Crippen molar-refractivity contribution in [3.8, 4) is 0 Å². The Morgan fingerprint density at radius 1 is 1.23 bits per heavy atom. The van der Waals surface area contributed by atoms with Crippen LogP contribution in [0, 0.1) is 5.92 Å². The Hall–Kier alpha value is -1.81. The fraction of sp³-hybridized carbons (Fsp3) is 0.562. The summed E-state index contributed by atoms with van der Waals surface area (Å²) in [5.41, 5.74) is -0.365. The van der Waals surface area contributed by atoms with E-state index in [4.69, 9.17) is 4.74 Å². The average molecular weight is 392 g/mol. The van der Waals surface area contributed by atoms with E-state index in [1.807, 2.05) is 4.90 Å². The summed E-state index contributed by atoms with van der Waals surface area (Å²) < 4.78 is 67.5. The number of alkyl halides is 3. The standard InChI is InChI=1S/C16H19F3N2O4S/c17-16(18,19)12-1-2-14(21-4-6-25-7-5-21)13(9-12)20-15(22)11-3-8-26(23,24)10-11/h1-2,9,11H,3-8,10H2,(H,20,22)/t11-/m1/s1. The summed E-state index contributed by atoms with van der Waals surface area (Å²) >= 11 is 0. The first-order chi connectivity index (χ1) is 12.2. The van der Waals surface area contributed by atoms with Gasteiger partial charge < -0.3 is 15.0 Å². The molecule has 6 nitrogen and oxygen atoms in total. The predicted molar refractivity (Wildman–Crippen MR) is 89.9 cm³/mol. The van der Waals surface area contributed by atoms with E-state index >= 15 is 0 Å². The van der Waals surface area contributed by atoms with Crippen molar-refractivity contribution >= 4 is 27.1 Å². The maximum Gasteiger partial charge on any atom is 0.416 e. The number of sulfone groups is 1. The SMILES string of the molecule is O=C(Nc1cc(C(F)(F)F)ccc1N1CCOCC1)[C@@H]1CCS(=O)(=O)C1. The molecular weight excluding hydrogens is 373 g/mol. The quantitative estimate of drug-likeness (QED) is 0.851. The van der Waals surface area contributed by atoms with Gasteiger partial charge >= 0.3 is 6.18 Å². The highest BCUT2D eigenvalue weighted by atomic mass is 32.2. The van der Waals surface area contributed by atoms with Gasteiger partial charge in [-0.3, -0.25) is 4.79 Å². The van der Waals surface area contributed by atoms with Crippen LogP contribution in [0.4, 0.5) is 24.5 Å². The molecule has 0 saturated carbocycles. The number of carbonyl (C=O) groups excluding carboxylic acids is 1. The van der Waals surface area contributed by atoms with Crippen LogP contribution in [-0.4, -0.2) is 52.1 Å². The second-order valence-corrected chi connectivity index (χ2v) is 8.65. The molecule has 10 heteroatoms. The van der Waals surface area contributed by atoms with Crippen molar-refractivity contribution in [2.24, 2.45) is 5.92 Å². The first-order valence-corrected chi connectivity index (χ1v) is 10.0. The van der Waals surface area contributed by atoms with Crippen molar-refractivity contribution in [1.29, 1.82) is 0 Å². The molecule has 1 amide bonds. The van der Waals surface area contributed by atoms with Gasteiger partial charge in [-0.2, -0.15) is 13.2 Å². The number of halogens is 3. The number of hydrogen-bond acceptors (Lipinski definition) is 5. The van der Waals surface area contributed by atoms with E-state index in [0.717, 1.165) is 12.1 Å². The Bertz CT molecular complexity index is 789. The van der Waals surface area contributed by atoms with Gasteiger partial charge in [-0.15, -0.1) is 0 Å². The van der Waals surface area contributed by atoms with Crippen LogP contribution in [0.5, 0.6) is 0 Å². The molecule has 0 unspecified atom stereocenters. The number of hydrogen-bond donors (Lipinski definition) is 1. The van der Waals surface area contributed by atoms with Crippen LogP contribution in [-0.2, 0) is 25.5 Å². The van der Waals surface area contributed by atoms with E-state index in [-0.39, 0.29) is 23.6 Å². The van der Waals surface area contributed by atoms with E-state index in [2.05, 4.69) is 5.32 Å². The van der Waals surface area contributed by atoms with E-state index in [9.17, 15) is 26.4 Å². The minimum atomic E-state index is -4.54. The lowest BCUT2D eigenvalue weighted by Gasteiger charge is -2.31. The summed E-state index contributed by atoms with van der Waals surface area (Å²) in [6, 6.07) is 3.20. The van der Waals surface area contributed by atoms with Gasteiger partial charge in [-0.05, 0) is 24.6 Å². The lowest BCUT2D eigenvalue weighted by atomic mass is 10.1. The fourth-order valence-electron chi connectivity index (χ4n) is 3.13. The molecule has 1 aromatic carbocycles. The van der Waals surface area contributed by atoms with Crippen LogP contribution in [0.3, 0.4) is 0 Å². The molecule has 26 heavy (non-hydrogen) atoms. The highest BCUT2D eigenvalue weighted by Crippen LogP contribution is 2.36. The molecule has 0 bridgehead atoms. The second kappa shape index (κ2) is 7.07. The molecule has 2 fully saturated rings. The lowest BCUT2D eigenvalue weighted by molar-refractivity contribution is -0.137. The number of ether oxygens (including phenoxy) is 1. The minimum Gasteiger partial charge on any atom is -0.378 e. The first-order valence-electron chi connectivity index (χ1n) is 8.21. The first kappa shape index (κ1) is 19.0. The average Bonchev–Trinajstić information content (AvgIpc) is 2.95. The molecule has 2 aliphatic rings. The third-order valence-electron chi connectivity index (χ3n) is 4.54.